The zero-order valence-electron chi connectivity index (χ0n) is 12.2. The number of carbonyl (C=O) groups is 1. The molecule has 1 fully saturated rings. The van der Waals surface area contributed by atoms with E-state index in [4.69, 9.17) is 5.73 Å². The molecular formula is C15H25N3O. The molecule has 2 N–H and O–H groups in total. The number of hydrogen-bond donors (Lipinski definition) is 1. The van der Waals surface area contributed by atoms with Crippen LogP contribution in [0.4, 0.5) is 5.69 Å². The van der Waals surface area contributed by atoms with Crippen LogP contribution in [0.1, 0.15) is 50.5 Å². The number of aromatic nitrogens is 1. The minimum Gasteiger partial charge on any atom is -0.397 e. The Hall–Kier alpha value is -1.45. The Morgan fingerprint density at radius 1 is 1.53 bits per heavy atom. The van der Waals surface area contributed by atoms with E-state index in [1.165, 1.54) is 0 Å². The van der Waals surface area contributed by atoms with Crippen LogP contribution in [0.25, 0.3) is 0 Å². The molecule has 0 unspecified atom stereocenters. The fraction of sp³-hybridized carbons (Fsp3) is 0.667. The van der Waals surface area contributed by atoms with Crippen molar-refractivity contribution in [3.8, 4) is 0 Å². The van der Waals surface area contributed by atoms with Crippen LogP contribution < -0.4 is 5.73 Å². The SMILES string of the molecule is CCCn1cc(N)cc1C(=O)N(CC(C)C)C1CC1. The number of hydrogen-bond acceptors (Lipinski definition) is 2. The van der Waals surface area contributed by atoms with Crippen LogP contribution in [0, 0.1) is 5.92 Å². The molecule has 19 heavy (non-hydrogen) atoms. The van der Waals surface area contributed by atoms with Gasteiger partial charge in [-0.25, -0.2) is 0 Å². The molecule has 0 aromatic carbocycles. The Labute approximate surface area is 115 Å². The van der Waals surface area contributed by atoms with E-state index in [-0.39, 0.29) is 5.91 Å². The molecule has 0 spiro atoms. The number of nitrogens with zero attached hydrogens (tertiary/aromatic N) is 2. The van der Waals surface area contributed by atoms with E-state index in [2.05, 4.69) is 20.8 Å². The van der Waals surface area contributed by atoms with Crippen LogP contribution in [-0.4, -0.2) is 28.0 Å². The maximum Gasteiger partial charge on any atom is 0.270 e. The highest BCUT2D eigenvalue weighted by molar-refractivity contribution is 5.94. The lowest BCUT2D eigenvalue weighted by Crippen LogP contribution is -2.37. The summed E-state index contributed by atoms with van der Waals surface area (Å²) >= 11 is 0. The highest BCUT2D eigenvalue weighted by atomic mass is 16.2. The summed E-state index contributed by atoms with van der Waals surface area (Å²) in [5.41, 5.74) is 7.27. The van der Waals surface area contributed by atoms with Gasteiger partial charge in [-0.05, 0) is 31.2 Å². The lowest BCUT2D eigenvalue weighted by molar-refractivity contribution is 0.0711. The molecule has 0 radical (unpaired) electrons. The summed E-state index contributed by atoms with van der Waals surface area (Å²) in [4.78, 5) is 14.8. The predicted molar refractivity (Wildman–Crippen MR) is 78.0 cm³/mol. The monoisotopic (exact) mass is 263 g/mol. The first-order valence-corrected chi connectivity index (χ1v) is 7.29. The van der Waals surface area contributed by atoms with Crippen LogP contribution in [0.3, 0.4) is 0 Å². The number of carbonyl (C=O) groups excluding carboxylic acids is 1. The average molecular weight is 263 g/mol. The molecule has 0 atom stereocenters. The molecule has 0 aliphatic heterocycles. The van der Waals surface area contributed by atoms with Gasteiger partial charge in [0.15, 0.2) is 0 Å². The van der Waals surface area contributed by atoms with Crippen LogP contribution >= 0.6 is 0 Å². The van der Waals surface area contributed by atoms with Gasteiger partial charge in [0.05, 0.1) is 5.69 Å². The third-order valence-corrected chi connectivity index (χ3v) is 3.41. The third-order valence-electron chi connectivity index (χ3n) is 3.41. The molecule has 1 aromatic heterocycles. The van der Waals surface area contributed by atoms with Crippen molar-refractivity contribution in [2.24, 2.45) is 5.92 Å². The first kappa shape index (κ1) is 14.0. The molecule has 1 aliphatic carbocycles. The summed E-state index contributed by atoms with van der Waals surface area (Å²) in [6, 6.07) is 2.26. The van der Waals surface area contributed by atoms with Gasteiger partial charge in [-0.15, -0.1) is 0 Å². The van der Waals surface area contributed by atoms with Gasteiger partial charge in [0, 0.05) is 25.3 Å². The number of rotatable bonds is 6. The Balaban J connectivity index is 2.20. The Kier molecular flexibility index (Phi) is 4.17. The van der Waals surface area contributed by atoms with Gasteiger partial charge in [0.1, 0.15) is 5.69 Å². The average Bonchev–Trinajstić information content (AvgIpc) is 3.10. The molecule has 106 valence electrons. The smallest absolute Gasteiger partial charge is 0.270 e. The maximum absolute atomic E-state index is 12.7. The van der Waals surface area contributed by atoms with E-state index in [0.29, 0.717) is 17.6 Å². The maximum atomic E-state index is 12.7. The highest BCUT2D eigenvalue weighted by Crippen LogP contribution is 2.29. The topological polar surface area (TPSA) is 51.3 Å². The van der Waals surface area contributed by atoms with Crippen molar-refractivity contribution in [1.82, 2.24) is 9.47 Å². The third kappa shape index (κ3) is 3.31. The van der Waals surface area contributed by atoms with Crippen LogP contribution in [-0.2, 0) is 6.54 Å². The first-order valence-electron chi connectivity index (χ1n) is 7.29. The zero-order chi connectivity index (χ0) is 14.0. The van der Waals surface area contributed by atoms with Crippen molar-refractivity contribution in [3.05, 3.63) is 18.0 Å². The molecule has 0 bridgehead atoms. The minimum absolute atomic E-state index is 0.140. The summed E-state index contributed by atoms with van der Waals surface area (Å²) in [6.07, 6.45) is 5.16. The van der Waals surface area contributed by atoms with E-state index < -0.39 is 0 Å². The number of amides is 1. The molecule has 2 rings (SSSR count). The second kappa shape index (κ2) is 5.68. The normalized spacial score (nSPS) is 14.9. The van der Waals surface area contributed by atoms with Crippen molar-refractivity contribution in [3.63, 3.8) is 0 Å². The highest BCUT2D eigenvalue weighted by Gasteiger charge is 2.34. The van der Waals surface area contributed by atoms with Gasteiger partial charge >= 0.3 is 0 Å². The number of anilines is 1. The van der Waals surface area contributed by atoms with E-state index in [1.807, 2.05) is 21.7 Å². The van der Waals surface area contributed by atoms with Crippen LogP contribution in [0.5, 0.6) is 0 Å². The summed E-state index contributed by atoms with van der Waals surface area (Å²) < 4.78 is 1.99. The fourth-order valence-electron chi connectivity index (χ4n) is 2.46. The lowest BCUT2D eigenvalue weighted by Gasteiger charge is -2.25. The zero-order valence-corrected chi connectivity index (χ0v) is 12.2. The summed E-state index contributed by atoms with van der Waals surface area (Å²) in [5.74, 6) is 0.637. The van der Waals surface area contributed by atoms with E-state index in [0.717, 1.165) is 38.0 Å². The summed E-state index contributed by atoms with van der Waals surface area (Å²) in [7, 11) is 0. The van der Waals surface area contributed by atoms with Crippen LogP contribution in [0.15, 0.2) is 12.3 Å². The molecule has 4 nitrogen and oxygen atoms in total. The van der Waals surface area contributed by atoms with Crippen molar-refractivity contribution >= 4 is 11.6 Å². The second-order valence-electron chi connectivity index (χ2n) is 5.93. The standard InChI is InChI=1S/C15H25N3O/c1-4-7-17-10-12(16)8-14(17)15(19)18(9-11(2)3)13-5-6-13/h8,10-11,13H,4-7,9,16H2,1-3H3. The van der Waals surface area contributed by atoms with Crippen molar-refractivity contribution in [2.75, 3.05) is 12.3 Å². The largest absolute Gasteiger partial charge is 0.397 e. The number of nitrogen functional groups attached to an aromatic ring is 1. The predicted octanol–water partition coefficient (Wildman–Crippen LogP) is 2.74. The van der Waals surface area contributed by atoms with E-state index >= 15 is 0 Å². The van der Waals surface area contributed by atoms with Gasteiger partial charge < -0.3 is 15.2 Å². The molecule has 1 amide bonds. The van der Waals surface area contributed by atoms with Crippen molar-refractivity contribution in [1.29, 1.82) is 0 Å². The molecule has 1 saturated carbocycles. The van der Waals surface area contributed by atoms with Gasteiger partial charge in [-0.3, -0.25) is 4.79 Å². The van der Waals surface area contributed by atoms with Crippen LogP contribution in [0.2, 0.25) is 0 Å². The molecule has 0 saturated heterocycles. The van der Waals surface area contributed by atoms with Gasteiger partial charge in [0.25, 0.3) is 5.91 Å². The second-order valence-corrected chi connectivity index (χ2v) is 5.93. The van der Waals surface area contributed by atoms with Crippen molar-refractivity contribution < 1.29 is 4.79 Å². The molecular weight excluding hydrogens is 238 g/mol. The summed E-state index contributed by atoms with van der Waals surface area (Å²) in [5, 5.41) is 0. The number of nitrogens with two attached hydrogens (primary N) is 1. The number of aryl methyl sites for hydroxylation is 1. The van der Waals surface area contributed by atoms with Crippen molar-refractivity contribution in [2.45, 2.75) is 52.6 Å². The fourth-order valence-corrected chi connectivity index (χ4v) is 2.46. The Bertz CT molecular complexity index is 446. The molecule has 1 aliphatic rings. The van der Waals surface area contributed by atoms with Gasteiger partial charge in [-0.1, -0.05) is 20.8 Å². The molecule has 1 aromatic rings. The summed E-state index contributed by atoms with van der Waals surface area (Å²) in [6.45, 7) is 8.10. The quantitative estimate of drug-likeness (QED) is 0.858. The Morgan fingerprint density at radius 3 is 2.74 bits per heavy atom. The minimum atomic E-state index is 0.140. The lowest BCUT2D eigenvalue weighted by atomic mass is 10.2. The van der Waals surface area contributed by atoms with Gasteiger partial charge in [-0.2, -0.15) is 0 Å². The van der Waals surface area contributed by atoms with E-state index in [1.54, 1.807) is 0 Å². The first-order chi connectivity index (χ1) is 9.02. The van der Waals surface area contributed by atoms with E-state index in [9.17, 15) is 4.79 Å². The molecule has 1 heterocycles. The molecule has 4 heteroatoms. The van der Waals surface area contributed by atoms with Gasteiger partial charge in [0.2, 0.25) is 0 Å². The Morgan fingerprint density at radius 2 is 2.21 bits per heavy atom.